The predicted molar refractivity (Wildman–Crippen MR) is 78.8 cm³/mol. The van der Waals surface area contributed by atoms with Gasteiger partial charge in [-0.3, -0.25) is 4.79 Å². The van der Waals surface area contributed by atoms with Gasteiger partial charge in [0.05, 0.1) is 29.7 Å². The third-order valence-corrected chi connectivity index (χ3v) is 4.19. The number of nitrogens with zero attached hydrogens (tertiary/aromatic N) is 2. The molecule has 2 rings (SSSR count). The van der Waals surface area contributed by atoms with Crippen LogP contribution in [0.5, 0.6) is 0 Å². The second-order valence-corrected chi connectivity index (χ2v) is 6.20. The lowest BCUT2D eigenvalue weighted by Gasteiger charge is -2.29. The second-order valence-electron chi connectivity index (χ2n) is 4.67. The van der Waals surface area contributed by atoms with Crippen molar-refractivity contribution in [3.63, 3.8) is 0 Å². The molecule has 0 atom stereocenters. The summed E-state index contributed by atoms with van der Waals surface area (Å²) in [4.78, 5) is 13.8. The summed E-state index contributed by atoms with van der Waals surface area (Å²) >= 11 is 0. The van der Waals surface area contributed by atoms with E-state index in [2.05, 4.69) is 5.32 Å². The van der Waals surface area contributed by atoms with Crippen molar-refractivity contribution < 1.29 is 17.9 Å². The maximum absolute atomic E-state index is 12.1. The molecule has 1 heterocycles. The van der Waals surface area contributed by atoms with Gasteiger partial charge < -0.3 is 15.0 Å². The Bertz CT molecular complexity index is 705. The number of sulfonamides is 1. The van der Waals surface area contributed by atoms with Gasteiger partial charge in [0.1, 0.15) is 6.54 Å². The van der Waals surface area contributed by atoms with Crippen LogP contribution in [0.1, 0.15) is 10.4 Å². The van der Waals surface area contributed by atoms with Crippen LogP contribution in [-0.2, 0) is 14.8 Å². The summed E-state index contributed by atoms with van der Waals surface area (Å²) in [5, 5.41) is 16.0. The second kappa shape index (κ2) is 6.74. The number of amides is 1. The Morgan fingerprint density at radius 2 is 2.09 bits per heavy atom. The monoisotopic (exact) mass is 324 g/mol. The van der Waals surface area contributed by atoms with Crippen LogP contribution in [0.15, 0.2) is 23.1 Å². The zero-order valence-corrected chi connectivity index (χ0v) is 12.6. The molecule has 0 saturated carbocycles. The molecule has 0 aliphatic carbocycles. The van der Waals surface area contributed by atoms with Gasteiger partial charge in [-0.1, -0.05) is 0 Å². The summed E-state index contributed by atoms with van der Waals surface area (Å²) in [7, 11) is -4.04. The van der Waals surface area contributed by atoms with Gasteiger partial charge in [-0.05, 0) is 18.2 Å². The topological polar surface area (TPSA) is 126 Å². The lowest BCUT2D eigenvalue weighted by atomic mass is 10.1. The molecule has 1 aliphatic heterocycles. The van der Waals surface area contributed by atoms with E-state index >= 15 is 0 Å². The quantitative estimate of drug-likeness (QED) is 0.714. The Morgan fingerprint density at radius 1 is 1.41 bits per heavy atom. The van der Waals surface area contributed by atoms with Crippen molar-refractivity contribution in [2.24, 2.45) is 5.14 Å². The van der Waals surface area contributed by atoms with Crippen LogP contribution in [0.25, 0.3) is 0 Å². The number of morpholine rings is 1. The van der Waals surface area contributed by atoms with Gasteiger partial charge in [0.15, 0.2) is 0 Å². The third kappa shape index (κ3) is 3.73. The van der Waals surface area contributed by atoms with Crippen LogP contribution in [0, 0.1) is 11.3 Å². The number of benzene rings is 1. The zero-order chi connectivity index (χ0) is 16.2. The molecular formula is C13H16N4O4S. The van der Waals surface area contributed by atoms with Crippen molar-refractivity contribution in [1.29, 1.82) is 5.26 Å². The first-order valence-corrected chi connectivity index (χ1v) is 8.13. The molecule has 0 unspecified atom stereocenters. The molecule has 3 N–H and O–H groups in total. The molecule has 1 amide bonds. The van der Waals surface area contributed by atoms with Gasteiger partial charge in [0.25, 0.3) is 5.91 Å². The smallest absolute Gasteiger partial charge is 0.253 e. The van der Waals surface area contributed by atoms with Gasteiger partial charge in [-0.25, -0.2) is 13.6 Å². The average Bonchev–Trinajstić information content (AvgIpc) is 2.52. The fourth-order valence-electron chi connectivity index (χ4n) is 2.18. The molecule has 1 aromatic rings. The lowest BCUT2D eigenvalue weighted by molar-refractivity contribution is 0.0955. The maximum atomic E-state index is 12.1. The Kier molecular flexibility index (Phi) is 4.97. The molecule has 8 nitrogen and oxygen atoms in total. The van der Waals surface area contributed by atoms with Gasteiger partial charge in [0, 0.05) is 18.8 Å². The van der Waals surface area contributed by atoms with Crippen molar-refractivity contribution in [2.45, 2.75) is 4.90 Å². The van der Waals surface area contributed by atoms with E-state index in [1.165, 1.54) is 12.1 Å². The summed E-state index contributed by atoms with van der Waals surface area (Å²) in [5.74, 6) is -0.652. The standard InChI is InChI=1S/C13H16N4O4S/c14-3-4-16-13(18)11-9-10(17-5-7-21-8-6-17)1-2-12(11)22(15,19)20/h1-2,9H,4-8H2,(H,16,18)(H2,15,19,20). The minimum absolute atomic E-state index is 0.0678. The van der Waals surface area contributed by atoms with E-state index in [9.17, 15) is 13.2 Å². The highest BCUT2D eigenvalue weighted by Gasteiger charge is 2.21. The van der Waals surface area contributed by atoms with E-state index in [0.717, 1.165) is 0 Å². The molecule has 1 fully saturated rings. The van der Waals surface area contributed by atoms with Crippen LogP contribution >= 0.6 is 0 Å². The van der Waals surface area contributed by atoms with Crippen LogP contribution in [-0.4, -0.2) is 47.2 Å². The minimum atomic E-state index is -4.04. The number of carbonyl (C=O) groups is 1. The van der Waals surface area contributed by atoms with Crippen LogP contribution < -0.4 is 15.4 Å². The first-order chi connectivity index (χ1) is 10.4. The molecule has 0 radical (unpaired) electrons. The molecule has 1 saturated heterocycles. The van der Waals surface area contributed by atoms with E-state index in [0.29, 0.717) is 32.0 Å². The van der Waals surface area contributed by atoms with Crippen LogP contribution in [0.4, 0.5) is 5.69 Å². The number of nitriles is 1. The molecule has 22 heavy (non-hydrogen) atoms. The van der Waals surface area contributed by atoms with Gasteiger partial charge in [-0.15, -0.1) is 0 Å². The van der Waals surface area contributed by atoms with Crippen LogP contribution in [0.2, 0.25) is 0 Å². The Balaban J connectivity index is 2.41. The molecule has 9 heteroatoms. The zero-order valence-electron chi connectivity index (χ0n) is 11.8. The molecule has 0 spiro atoms. The molecule has 118 valence electrons. The summed E-state index contributed by atoms with van der Waals surface area (Å²) in [6, 6.07) is 6.15. The summed E-state index contributed by atoms with van der Waals surface area (Å²) in [6.07, 6.45) is 0. The number of hydrogen-bond donors (Lipinski definition) is 2. The Hall–Kier alpha value is -2.15. The number of anilines is 1. The normalized spacial score (nSPS) is 15.2. The van der Waals surface area contributed by atoms with Crippen molar-refractivity contribution in [1.82, 2.24) is 5.32 Å². The molecular weight excluding hydrogens is 308 g/mol. The van der Waals surface area contributed by atoms with Crippen molar-refractivity contribution in [3.05, 3.63) is 23.8 Å². The predicted octanol–water partition coefficient (Wildman–Crippen LogP) is -0.576. The highest BCUT2D eigenvalue weighted by Crippen LogP contribution is 2.23. The van der Waals surface area contributed by atoms with E-state index in [-0.39, 0.29) is 17.0 Å². The number of nitrogens with one attached hydrogen (secondary N) is 1. The van der Waals surface area contributed by atoms with Gasteiger partial charge >= 0.3 is 0 Å². The van der Waals surface area contributed by atoms with Gasteiger partial charge in [0.2, 0.25) is 10.0 Å². The largest absolute Gasteiger partial charge is 0.378 e. The first kappa shape index (κ1) is 16.2. The number of hydrogen-bond acceptors (Lipinski definition) is 6. The van der Waals surface area contributed by atoms with E-state index < -0.39 is 15.9 Å². The van der Waals surface area contributed by atoms with Crippen molar-refractivity contribution >= 4 is 21.6 Å². The van der Waals surface area contributed by atoms with Crippen LogP contribution in [0.3, 0.4) is 0 Å². The third-order valence-electron chi connectivity index (χ3n) is 3.22. The molecule has 1 aliphatic rings. The fourth-order valence-corrected chi connectivity index (χ4v) is 2.89. The van der Waals surface area contributed by atoms with Crippen molar-refractivity contribution in [3.8, 4) is 6.07 Å². The highest BCUT2D eigenvalue weighted by atomic mass is 32.2. The molecule has 0 bridgehead atoms. The first-order valence-electron chi connectivity index (χ1n) is 6.58. The number of carbonyl (C=O) groups excluding carboxylic acids is 1. The minimum Gasteiger partial charge on any atom is -0.378 e. The Labute approximate surface area is 128 Å². The molecule has 0 aromatic heterocycles. The fraction of sp³-hybridized carbons (Fsp3) is 0.385. The number of primary sulfonamides is 1. The highest BCUT2D eigenvalue weighted by molar-refractivity contribution is 7.89. The van der Waals surface area contributed by atoms with Crippen molar-refractivity contribution in [2.75, 3.05) is 37.7 Å². The number of rotatable bonds is 4. The van der Waals surface area contributed by atoms with E-state index in [1.807, 2.05) is 4.90 Å². The van der Waals surface area contributed by atoms with Gasteiger partial charge in [-0.2, -0.15) is 5.26 Å². The average molecular weight is 324 g/mol. The van der Waals surface area contributed by atoms with E-state index in [1.54, 1.807) is 12.1 Å². The lowest BCUT2D eigenvalue weighted by Crippen LogP contribution is -2.36. The van der Waals surface area contributed by atoms with E-state index in [4.69, 9.17) is 15.1 Å². The summed E-state index contributed by atoms with van der Waals surface area (Å²) in [5.41, 5.74) is 0.638. The maximum Gasteiger partial charge on any atom is 0.253 e. The number of nitrogens with two attached hydrogens (primary N) is 1. The number of ether oxygens (including phenoxy) is 1. The summed E-state index contributed by atoms with van der Waals surface area (Å²) in [6.45, 7) is 2.20. The SMILES string of the molecule is N#CCNC(=O)c1cc(N2CCOCC2)ccc1S(N)(=O)=O. The molecule has 1 aromatic carbocycles. The Morgan fingerprint density at radius 3 is 2.68 bits per heavy atom. The summed E-state index contributed by atoms with van der Waals surface area (Å²) < 4.78 is 28.5.